The van der Waals surface area contributed by atoms with Crippen molar-refractivity contribution in [2.24, 2.45) is 0 Å². The van der Waals surface area contributed by atoms with E-state index in [1.54, 1.807) is 26.8 Å². The van der Waals surface area contributed by atoms with Gasteiger partial charge in [0.15, 0.2) is 5.60 Å². The Morgan fingerprint density at radius 3 is 1.86 bits per heavy atom. The molecule has 0 spiro atoms. The molecule has 0 radical (unpaired) electrons. The van der Waals surface area contributed by atoms with Crippen molar-refractivity contribution in [3.8, 4) is 0 Å². The zero-order valence-electron chi connectivity index (χ0n) is 15.7. The molecule has 0 heterocycles. The molecule has 0 fully saturated rings. The molecular weight excluding hydrogens is 415 g/mol. The molecule has 0 amide bonds. The van der Waals surface area contributed by atoms with Gasteiger partial charge in [-0.25, -0.2) is 8.42 Å². The molecule has 4 nitrogen and oxygen atoms in total. The van der Waals surface area contributed by atoms with E-state index >= 15 is 0 Å². The second-order valence-corrected chi connectivity index (χ2v) is 9.65. The van der Waals surface area contributed by atoms with Crippen LogP contribution < -0.4 is 4.31 Å². The zero-order chi connectivity index (χ0) is 21.5. The number of halogens is 4. The van der Waals surface area contributed by atoms with Gasteiger partial charge in [0.2, 0.25) is 0 Å². The SMILES string of the molecule is CC(C)(C)N(c1ccc(C(C)(O)C(F)(F)F)cc1)S(=O)(=O)c1ccccc1Cl. The molecule has 2 aromatic carbocycles. The standard InChI is InChI=1S/C19H21ClF3NO3S/c1-17(2,3)24(28(26,27)16-8-6-5-7-15(16)20)14-11-9-13(10-12-14)18(4,25)19(21,22)23/h5-12,25H,1-4H3. The van der Waals surface area contributed by atoms with Crippen LogP contribution >= 0.6 is 11.6 Å². The molecule has 154 valence electrons. The van der Waals surface area contributed by atoms with Crippen molar-refractivity contribution < 1.29 is 26.7 Å². The number of nitrogens with zero attached hydrogens (tertiary/aromatic N) is 1. The molecule has 0 saturated heterocycles. The Morgan fingerprint density at radius 2 is 1.43 bits per heavy atom. The van der Waals surface area contributed by atoms with Crippen molar-refractivity contribution in [3.63, 3.8) is 0 Å². The minimum Gasteiger partial charge on any atom is -0.376 e. The summed E-state index contributed by atoms with van der Waals surface area (Å²) < 4.78 is 66.8. The normalized spacial score (nSPS) is 15.2. The van der Waals surface area contributed by atoms with Crippen molar-refractivity contribution in [3.05, 3.63) is 59.1 Å². The van der Waals surface area contributed by atoms with Crippen LogP contribution in [-0.4, -0.2) is 25.2 Å². The Labute approximate surface area is 167 Å². The number of benzene rings is 2. The van der Waals surface area contributed by atoms with Crippen LogP contribution in [0.1, 0.15) is 33.3 Å². The molecule has 9 heteroatoms. The fourth-order valence-corrected chi connectivity index (χ4v) is 5.03. The number of sulfonamides is 1. The van der Waals surface area contributed by atoms with Crippen LogP contribution in [-0.2, 0) is 15.6 Å². The molecule has 0 aromatic heterocycles. The van der Waals surface area contributed by atoms with E-state index in [9.17, 15) is 26.7 Å². The highest BCUT2D eigenvalue weighted by Crippen LogP contribution is 2.40. The first kappa shape index (κ1) is 22.5. The molecule has 1 N–H and O–H groups in total. The van der Waals surface area contributed by atoms with Gasteiger partial charge >= 0.3 is 6.18 Å². The Hall–Kier alpha value is -1.77. The Balaban J connectivity index is 2.59. The Morgan fingerprint density at radius 1 is 0.929 bits per heavy atom. The van der Waals surface area contributed by atoms with Gasteiger partial charge in [-0.2, -0.15) is 13.2 Å². The van der Waals surface area contributed by atoms with E-state index < -0.39 is 32.9 Å². The fourth-order valence-electron chi connectivity index (χ4n) is 2.72. The molecule has 0 saturated carbocycles. The Bertz CT molecular complexity index is 950. The maximum Gasteiger partial charge on any atom is 0.421 e. The van der Waals surface area contributed by atoms with Crippen LogP contribution in [0.5, 0.6) is 0 Å². The van der Waals surface area contributed by atoms with Crippen LogP contribution in [0.3, 0.4) is 0 Å². The maximum absolute atomic E-state index is 13.3. The molecule has 0 aliphatic carbocycles. The van der Waals surface area contributed by atoms with Crippen molar-refractivity contribution >= 4 is 27.3 Å². The molecule has 0 aliphatic rings. The summed E-state index contributed by atoms with van der Waals surface area (Å²) in [5.41, 5.74) is -4.24. The molecule has 1 atom stereocenters. The van der Waals surface area contributed by atoms with Gasteiger partial charge in [0.1, 0.15) is 4.90 Å². The first-order chi connectivity index (χ1) is 12.6. The van der Waals surface area contributed by atoms with Crippen LogP contribution in [0, 0.1) is 0 Å². The lowest BCUT2D eigenvalue weighted by atomic mass is 9.95. The highest BCUT2D eigenvalue weighted by Gasteiger charge is 2.51. The van der Waals surface area contributed by atoms with E-state index in [2.05, 4.69) is 0 Å². The molecule has 2 rings (SSSR count). The summed E-state index contributed by atoms with van der Waals surface area (Å²) in [5.74, 6) is 0. The number of hydrogen-bond acceptors (Lipinski definition) is 3. The van der Waals surface area contributed by atoms with E-state index in [4.69, 9.17) is 11.6 Å². The molecule has 1 unspecified atom stereocenters. The first-order valence-corrected chi connectivity index (χ1v) is 10.1. The predicted octanol–water partition coefficient (Wildman–Crippen LogP) is 5.10. The quantitative estimate of drug-likeness (QED) is 0.726. The summed E-state index contributed by atoms with van der Waals surface area (Å²) in [5, 5.41) is 9.85. The third-order valence-electron chi connectivity index (χ3n) is 4.18. The average molecular weight is 436 g/mol. The van der Waals surface area contributed by atoms with Crippen molar-refractivity contribution in [1.82, 2.24) is 0 Å². The topological polar surface area (TPSA) is 57.6 Å². The van der Waals surface area contributed by atoms with Crippen molar-refractivity contribution in [2.45, 2.75) is 49.9 Å². The highest BCUT2D eigenvalue weighted by molar-refractivity contribution is 7.93. The number of aliphatic hydroxyl groups is 1. The van der Waals surface area contributed by atoms with Gasteiger partial charge in [0.05, 0.1) is 10.7 Å². The maximum atomic E-state index is 13.3. The summed E-state index contributed by atoms with van der Waals surface area (Å²) in [7, 11) is -4.10. The predicted molar refractivity (Wildman–Crippen MR) is 103 cm³/mol. The lowest BCUT2D eigenvalue weighted by Crippen LogP contribution is -2.46. The summed E-state index contributed by atoms with van der Waals surface area (Å²) in [4.78, 5) is -0.113. The largest absolute Gasteiger partial charge is 0.421 e. The third kappa shape index (κ3) is 4.14. The number of anilines is 1. The van der Waals surface area contributed by atoms with Gasteiger partial charge in [-0.3, -0.25) is 4.31 Å². The number of hydrogen-bond donors (Lipinski definition) is 1. The van der Waals surface area contributed by atoms with E-state index in [-0.39, 0.29) is 15.6 Å². The molecule has 2 aromatic rings. The van der Waals surface area contributed by atoms with E-state index in [0.717, 1.165) is 16.4 Å². The van der Waals surface area contributed by atoms with Crippen LogP contribution in [0.4, 0.5) is 18.9 Å². The third-order valence-corrected chi connectivity index (χ3v) is 6.77. The van der Waals surface area contributed by atoms with E-state index in [1.165, 1.54) is 30.3 Å². The lowest BCUT2D eigenvalue weighted by Gasteiger charge is -2.37. The fraction of sp³-hybridized carbons (Fsp3) is 0.368. The summed E-state index contributed by atoms with van der Waals surface area (Å²) in [6.45, 7) is 5.60. The van der Waals surface area contributed by atoms with Crippen molar-refractivity contribution in [1.29, 1.82) is 0 Å². The van der Waals surface area contributed by atoms with Gasteiger partial charge in [-0.15, -0.1) is 0 Å². The lowest BCUT2D eigenvalue weighted by molar-refractivity contribution is -0.258. The molecule has 0 bridgehead atoms. The molecule has 28 heavy (non-hydrogen) atoms. The zero-order valence-corrected chi connectivity index (χ0v) is 17.3. The van der Waals surface area contributed by atoms with Gasteiger partial charge in [0.25, 0.3) is 10.0 Å². The van der Waals surface area contributed by atoms with E-state index in [0.29, 0.717) is 6.92 Å². The molecular formula is C19H21ClF3NO3S. The Kier molecular flexibility index (Phi) is 5.82. The van der Waals surface area contributed by atoms with Gasteiger partial charge in [0, 0.05) is 5.54 Å². The number of rotatable bonds is 4. The highest BCUT2D eigenvalue weighted by atomic mass is 35.5. The average Bonchev–Trinajstić information content (AvgIpc) is 2.53. The summed E-state index contributed by atoms with van der Waals surface area (Å²) in [6.07, 6.45) is -4.87. The number of alkyl halides is 3. The van der Waals surface area contributed by atoms with Crippen LogP contribution in [0.15, 0.2) is 53.4 Å². The second-order valence-electron chi connectivity index (χ2n) is 7.49. The minimum atomic E-state index is -4.87. The van der Waals surface area contributed by atoms with Gasteiger partial charge < -0.3 is 5.11 Å². The van der Waals surface area contributed by atoms with E-state index in [1.807, 2.05) is 0 Å². The van der Waals surface area contributed by atoms with Gasteiger partial charge in [-0.05, 0) is 57.5 Å². The minimum absolute atomic E-state index is 0.0355. The smallest absolute Gasteiger partial charge is 0.376 e. The molecule has 0 aliphatic heterocycles. The van der Waals surface area contributed by atoms with Crippen LogP contribution in [0.2, 0.25) is 5.02 Å². The van der Waals surface area contributed by atoms with Gasteiger partial charge in [-0.1, -0.05) is 35.9 Å². The first-order valence-electron chi connectivity index (χ1n) is 8.30. The van der Waals surface area contributed by atoms with Crippen molar-refractivity contribution in [2.75, 3.05) is 4.31 Å². The summed E-state index contributed by atoms with van der Waals surface area (Å²) in [6, 6.07) is 10.5. The monoisotopic (exact) mass is 435 g/mol. The second kappa shape index (κ2) is 7.24. The van der Waals surface area contributed by atoms with Crippen LogP contribution in [0.25, 0.3) is 0 Å². The summed E-state index contributed by atoms with van der Waals surface area (Å²) >= 11 is 6.06.